The second-order valence-corrected chi connectivity index (χ2v) is 3.88. The van der Waals surface area contributed by atoms with Crippen LogP contribution in [0.1, 0.15) is 22.8 Å². The van der Waals surface area contributed by atoms with Crippen molar-refractivity contribution in [2.75, 3.05) is 20.8 Å². The van der Waals surface area contributed by atoms with Crippen LogP contribution in [0.25, 0.3) is 0 Å². The summed E-state index contributed by atoms with van der Waals surface area (Å²) in [5, 5.41) is 0. The number of carbonyl (C=O) groups excluding carboxylic acids is 1. The average Bonchev–Trinajstić information content (AvgIpc) is 2.36. The molecule has 0 amide bonds. The molecule has 0 N–H and O–H groups in total. The molecule has 0 aliphatic rings. The van der Waals surface area contributed by atoms with Gasteiger partial charge in [0.05, 0.1) is 32.0 Å². The van der Waals surface area contributed by atoms with Crippen LogP contribution in [0.4, 0.5) is 4.39 Å². The Morgan fingerprint density at radius 3 is 2.67 bits per heavy atom. The Morgan fingerprint density at radius 1 is 1.39 bits per heavy atom. The van der Waals surface area contributed by atoms with Crippen LogP contribution in [0, 0.1) is 5.82 Å². The summed E-state index contributed by atoms with van der Waals surface area (Å²) in [6.45, 7) is 2.61. The predicted octanol–water partition coefficient (Wildman–Crippen LogP) is 2.16. The predicted molar refractivity (Wildman–Crippen MR) is 63.9 cm³/mol. The maximum atomic E-state index is 13.6. The zero-order valence-corrected chi connectivity index (χ0v) is 10.7. The fraction of sp³-hybridized carbons (Fsp3) is 0.462. The highest BCUT2D eigenvalue weighted by atomic mass is 19.1. The molecular weight excluding hydrogens is 239 g/mol. The molecule has 1 rings (SSSR count). The molecule has 4 nitrogen and oxygen atoms in total. The maximum absolute atomic E-state index is 13.6. The van der Waals surface area contributed by atoms with Crippen molar-refractivity contribution < 1.29 is 23.4 Å². The maximum Gasteiger partial charge on any atom is 0.340 e. The van der Waals surface area contributed by atoms with Gasteiger partial charge in [0.15, 0.2) is 0 Å². The molecule has 0 saturated heterocycles. The monoisotopic (exact) mass is 256 g/mol. The fourth-order valence-corrected chi connectivity index (χ4v) is 1.45. The van der Waals surface area contributed by atoms with Crippen molar-refractivity contribution in [2.24, 2.45) is 0 Å². The van der Waals surface area contributed by atoms with Crippen LogP contribution >= 0.6 is 0 Å². The summed E-state index contributed by atoms with van der Waals surface area (Å²) in [5.74, 6) is -1.30. The second-order valence-electron chi connectivity index (χ2n) is 3.88. The van der Waals surface area contributed by atoms with E-state index >= 15 is 0 Å². The van der Waals surface area contributed by atoms with E-state index in [4.69, 9.17) is 9.47 Å². The van der Waals surface area contributed by atoms with Crippen molar-refractivity contribution >= 4 is 5.97 Å². The van der Waals surface area contributed by atoms with Gasteiger partial charge in [0.25, 0.3) is 0 Å². The molecule has 0 radical (unpaired) electrons. The molecule has 0 saturated carbocycles. The van der Waals surface area contributed by atoms with Crippen molar-refractivity contribution in [3.05, 3.63) is 35.1 Å². The van der Waals surface area contributed by atoms with Crippen molar-refractivity contribution in [1.29, 1.82) is 0 Å². The van der Waals surface area contributed by atoms with Crippen LogP contribution < -0.4 is 0 Å². The minimum absolute atomic E-state index is 0.0710. The van der Waals surface area contributed by atoms with Crippen molar-refractivity contribution in [1.82, 2.24) is 0 Å². The number of carbonyl (C=O) groups is 1. The molecule has 0 spiro atoms. The first-order valence-electron chi connectivity index (χ1n) is 5.55. The first kappa shape index (κ1) is 14.6. The number of ether oxygens (including phenoxy) is 3. The van der Waals surface area contributed by atoms with Crippen LogP contribution in [-0.4, -0.2) is 32.9 Å². The largest absolute Gasteiger partial charge is 0.465 e. The van der Waals surface area contributed by atoms with Crippen molar-refractivity contribution in [3.8, 4) is 0 Å². The van der Waals surface area contributed by atoms with Gasteiger partial charge in [-0.1, -0.05) is 6.07 Å². The summed E-state index contributed by atoms with van der Waals surface area (Å²) in [6.07, 6.45) is -0.0710. The Morgan fingerprint density at radius 2 is 2.11 bits per heavy atom. The van der Waals surface area contributed by atoms with Gasteiger partial charge in [-0.3, -0.25) is 0 Å². The molecule has 5 heteroatoms. The van der Waals surface area contributed by atoms with Crippen LogP contribution in [0.5, 0.6) is 0 Å². The molecule has 1 atom stereocenters. The minimum Gasteiger partial charge on any atom is -0.465 e. The molecule has 100 valence electrons. The van der Waals surface area contributed by atoms with Gasteiger partial charge in [-0.15, -0.1) is 0 Å². The van der Waals surface area contributed by atoms with E-state index in [9.17, 15) is 9.18 Å². The number of esters is 1. The molecule has 0 bridgehead atoms. The highest BCUT2D eigenvalue weighted by Crippen LogP contribution is 2.13. The molecule has 0 aliphatic heterocycles. The third-order valence-corrected chi connectivity index (χ3v) is 2.37. The quantitative estimate of drug-likeness (QED) is 0.732. The summed E-state index contributed by atoms with van der Waals surface area (Å²) in [5.41, 5.74) is 0.578. The highest BCUT2D eigenvalue weighted by Gasteiger charge is 2.12. The van der Waals surface area contributed by atoms with Crippen LogP contribution in [-0.2, 0) is 20.8 Å². The minimum atomic E-state index is -0.687. The van der Waals surface area contributed by atoms with E-state index in [0.29, 0.717) is 12.2 Å². The second kappa shape index (κ2) is 7.08. The Balaban J connectivity index is 2.64. The molecule has 18 heavy (non-hydrogen) atoms. The van der Waals surface area contributed by atoms with Gasteiger partial charge in [0.2, 0.25) is 0 Å². The molecule has 0 heterocycles. The van der Waals surface area contributed by atoms with Gasteiger partial charge < -0.3 is 14.2 Å². The topological polar surface area (TPSA) is 44.8 Å². The molecule has 0 aliphatic carbocycles. The first-order chi connectivity index (χ1) is 8.58. The van der Waals surface area contributed by atoms with E-state index in [1.54, 1.807) is 13.2 Å². The van der Waals surface area contributed by atoms with Crippen molar-refractivity contribution in [2.45, 2.75) is 19.6 Å². The lowest BCUT2D eigenvalue weighted by Crippen LogP contribution is -2.14. The lowest BCUT2D eigenvalue weighted by molar-refractivity contribution is -0.000221. The number of halogens is 1. The fourth-order valence-electron chi connectivity index (χ4n) is 1.45. The molecule has 0 aromatic heterocycles. The average molecular weight is 256 g/mol. The Bertz CT molecular complexity index is 406. The molecular formula is C13H17FO4. The van der Waals surface area contributed by atoms with Gasteiger partial charge in [0, 0.05) is 7.11 Å². The molecule has 1 unspecified atom stereocenters. The normalized spacial score (nSPS) is 12.2. The first-order valence-corrected chi connectivity index (χ1v) is 5.55. The van der Waals surface area contributed by atoms with Crippen molar-refractivity contribution in [3.63, 3.8) is 0 Å². The van der Waals surface area contributed by atoms with Gasteiger partial charge >= 0.3 is 5.97 Å². The number of hydrogen-bond donors (Lipinski definition) is 0. The van der Waals surface area contributed by atoms with E-state index in [2.05, 4.69) is 4.74 Å². The van der Waals surface area contributed by atoms with Crippen LogP contribution in [0.3, 0.4) is 0 Å². The summed E-state index contributed by atoms with van der Waals surface area (Å²) >= 11 is 0. The summed E-state index contributed by atoms with van der Waals surface area (Å²) in [6, 6.07) is 4.29. The van der Waals surface area contributed by atoms with E-state index in [0.717, 1.165) is 0 Å². The summed E-state index contributed by atoms with van der Waals surface area (Å²) < 4.78 is 28.4. The lowest BCUT2D eigenvalue weighted by atomic mass is 10.1. The van der Waals surface area contributed by atoms with E-state index in [-0.39, 0.29) is 18.3 Å². The SMILES string of the molecule is COCC(C)OCc1ccc(C(=O)OC)c(F)c1. The number of methoxy groups -OCH3 is 2. The van der Waals surface area contributed by atoms with Crippen LogP contribution in [0.15, 0.2) is 18.2 Å². The number of benzene rings is 1. The van der Waals surface area contributed by atoms with Gasteiger partial charge in [-0.2, -0.15) is 0 Å². The van der Waals surface area contributed by atoms with Gasteiger partial charge in [0.1, 0.15) is 5.82 Å². The zero-order chi connectivity index (χ0) is 13.5. The Labute approximate surface area is 106 Å². The highest BCUT2D eigenvalue weighted by molar-refractivity contribution is 5.89. The smallest absolute Gasteiger partial charge is 0.340 e. The lowest BCUT2D eigenvalue weighted by Gasteiger charge is -2.12. The molecule has 1 aromatic carbocycles. The number of hydrogen-bond acceptors (Lipinski definition) is 4. The Kier molecular flexibility index (Phi) is 5.74. The molecule has 1 aromatic rings. The summed E-state index contributed by atoms with van der Waals surface area (Å²) in [7, 11) is 2.80. The van der Waals surface area contributed by atoms with E-state index < -0.39 is 11.8 Å². The Hall–Kier alpha value is -1.46. The molecule has 0 fully saturated rings. The van der Waals surface area contributed by atoms with Gasteiger partial charge in [-0.25, -0.2) is 9.18 Å². The van der Waals surface area contributed by atoms with E-state index in [1.807, 2.05) is 6.92 Å². The third kappa shape index (κ3) is 4.09. The van der Waals surface area contributed by atoms with Gasteiger partial charge in [-0.05, 0) is 24.6 Å². The third-order valence-electron chi connectivity index (χ3n) is 2.37. The zero-order valence-electron chi connectivity index (χ0n) is 10.7. The summed E-state index contributed by atoms with van der Waals surface area (Å²) in [4.78, 5) is 11.2. The number of rotatable bonds is 6. The van der Waals surface area contributed by atoms with Crippen LogP contribution in [0.2, 0.25) is 0 Å². The standard InChI is InChI=1S/C13H17FO4/c1-9(7-16-2)18-8-10-4-5-11(12(14)6-10)13(15)17-3/h4-6,9H,7-8H2,1-3H3. The van der Waals surface area contributed by atoms with E-state index in [1.165, 1.54) is 19.2 Å².